The predicted molar refractivity (Wildman–Crippen MR) is 106 cm³/mol. The monoisotopic (exact) mass is 366 g/mol. The summed E-state index contributed by atoms with van der Waals surface area (Å²) in [5.74, 6) is -0.190. The van der Waals surface area contributed by atoms with Crippen LogP contribution in [0.1, 0.15) is 47.8 Å². The van der Waals surface area contributed by atoms with Gasteiger partial charge in [-0.2, -0.15) is 0 Å². The SMILES string of the molecule is CC(C)(C)C(=O)NCc1ccc(C(=O)Nc2ccc3c(c2)C[C@@H](O)C3)cc1. The van der Waals surface area contributed by atoms with Crippen molar-refractivity contribution >= 4 is 17.5 Å². The van der Waals surface area contributed by atoms with E-state index in [0.29, 0.717) is 24.9 Å². The number of carbonyl (C=O) groups is 2. The van der Waals surface area contributed by atoms with Crippen molar-refractivity contribution in [3.63, 3.8) is 0 Å². The van der Waals surface area contributed by atoms with E-state index >= 15 is 0 Å². The summed E-state index contributed by atoms with van der Waals surface area (Å²) in [4.78, 5) is 24.4. The maximum atomic E-state index is 12.5. The second-order valence-electron chi connectivity index (χ2n) is 8.13. The normalized spacial score (nSPS) is 15.9. The number of amides is 2. The summed E-state index contributed by atoms with van der Waals surface area (Å²) in [6.07, 6.45) is 0.988. The number of aliphatic hydroxyl groups is 1. The third kappa shape index (κ3) is 4.74. The van der Waals surface area contributed by atoms with Crippen LogP contribution in [0, 0.1) is 5.41 Å². The fraction of sp³-hybridized carbons (Fsp3) is 0.364. The number of hydrogen-bond donors (Lipinski definition) is 3. The van der Waals surface area contributed by atoms with Gasteiger partial charge >= 0.3 is 0 Å². The lowest BCUT2D eigenvalue weighted by Gasteiger charge is -2.17. The van der Waals surface area contributed by atoms with Crippen LogP contribution in [-0.4, -0.2) is 23.0 Å². The largest absolute Gasteiger partial charge is 0.392 e. The number of benzene rings is 2. The first-order valence-electron chi connectivity index (χ1n) is 9.21. The van der Waals surface area contributed by atoms with Crippen molar-refractivity contribution in [3.05, 3.63) is 64.7 Å². The maximum absolute atomic E-state index is 12.5. The number of aliphatic hydroxyl groups excluding tert-OH is 1. The van der Waals surface area contributed by atoms with Gasteiger partial charge in [0, 0.05) is 23.2 Å². The number of fused-ring (bicyclic) bond motifs is 1. The molecule has 0 spiro atoms. The lowest BCUT2D eigenvalue weighted by atomic mass is 9.95. The predicted octanol–water partition coefficient (Wildman–Crippen LogP) is 3.06. The Morgan fingerprint density at radius 3 is 2.37 bits per heavy atom. The van der Waals surface area contributed by atoms with Crippen molar-refractivity contribution in [2.45, 2.75) is 46.3 Å². The molecule has 5 heteroatoms. The molecule has 2 aromatic carbocycles. The molecular weight excluding hydrogens is 340 g/mol. The topological polar surface area (TPSA) is 78.4 Å². The highest BCUT2D eigenvalue weighted by atomic mass is 16.3. The highest BCUT2D eigenvalue weighted by Crippen LogP contribution is 2.25. The zero-order valence-electron chi connectivity index (χ0n) is 16.0. The standard InChI is InChI=1S/C22H26N2O3/c1-22(2,3)21(27)23-13-14-4-6-15(7-5-14)20(26)24-18-9-8-16-11-19(25)12-17(16)10-18/h4-10,19,25H,11-13H2,1-3H3,(H,23,27)(H,24,26)/t19-/m0/s1. The van der Waals surface area contributed by atoms with Gasteiger partial charge in [0.1, 0.15) is 0 Å². The van der Waals surface area contributed by atoms with Crippen LogP contribution in [0.5, 0.6) is 0 Å². The van der Waals surface area contributed by atoms with E-state index in [1.807, 2.05) is 51.1 Å². The Morgan fingerprint density at radius 1 is 1.04 bits per heavy atom. The number of anilines is 1. The van der Waals surface area contributed by atoms with Crippen LogP contribution in [0.4, 0.5) is 5.69 Å². The highest BCUT2D eigenvalue weighted by Gasteiger charge is 2.21. The summed E-state index contributed by atoms with van der Waals surface area (Å²) < 4.78 is 0. The van der Waals surface area contributed by atoms with Gasteiger partial charge in [-0.25, -0.2) is 0 Å². The first-order valence-corrected chi connectivity index (χ1v) is 9.21. The van der Waals surface area contributed by atoms with E-state index in [-0.39, 0.29) is 17.9 Å². The molecule has 0 unspecified atom stereocenters. The molecule has 1 aliphatic carbocycles. The lowest BCUT2D eigenvalue weighted by molar-refractivity contribution is -0.128. The molecule has 5 nitrogen and oxygen atoms in total. The van der Waals surface area contributed by atoms with Gasteiger partial charge < -0.3 is 15.7 Å². The van der Waals surface area contributed by atoms with Crippen LogP contribution in [0.3, 0.4) is 0 Å². The van der Waals surface area contributed by atoms with Gasteiger partial charge in [0.25, 0.3) is 5.91 Å². The molecule has 3 rings (SSSR count). The van der Waals surface area contributed by atoms with Crippen molar-refractivity contribution in [2.24, 2.45) is 5.41 Å². The second kappa shape index (κ2) is 7.53. The van der Waals surface area contributed by atoms with Gasteiger partial charge in [0.2, 0.25) is 5.91 Å². The van der Waals surface area contributed by atoms with E-state index in [1.165, 1.54) is 0 Å². The third-order valence-electron chi connectivity index (χ3n) is 4.73. The van der Waals surface area contributed by atoms with Gasteiger partial charge in [0.15, 0.2) is 0 Å². The van der Waals surface area contributed by atoms with Crippen LogP contribution in [0.25, 0.3) is 0 Å². The van der Waals surface area contributed by atoms with E-state index in [9.17, 15) is 14.7 Å². The fourth-order valence-electron chi connectivity index (χ4n) is 3.10. The van der Waals surface area contributed by atoms with E-state index < -0.39 is 5.41 Å². The van der Waals surface area contributed by atoms with E-state index in [4.69, 9.17) is 0 Å². The van der Waals surface area contributed by atoms with Crippen LogP contribution in [-0.2, 0) is 24.2 Å². The summed E-state index contributed by atoms with van der Waals surface area (Å²) >= 11 is 0. The molecule has 0 saturated heterocycles. The Labute approximate surface area is 159 Å². The number of hydrogen-bond acceptors (Lipinski definition) is 3. The number of carbonyl (C=O) groups excluding carboxylic acids is 2. The molecule has 27 heavy (non-hydrogen) atoms. The summed E-state index contributed by atoms with van der Waals surface area (Å²) in [6, 6.07) is 13.0. The van der Waals surface area contributed by atoms with Gasteiger partial charge in [-0.3, -0.25) is 9.59 Å². The minimum absolute atomic E-state index is 0.00829. The minimum atomic E-state index is -0.425. The molecule has 2 aromatic rings. The number of nitrogens with one attached hydrogen (secondary N) is 2. The highest BCUT2D eigenvalue weighted by molar-refractivity contribution is 6.04. The Kier molecular flexibility index (Phi) is 5.33. The molecule has 0 heterocycles. The van der Waals surface area contributed by atoms with Crippen molar-refractivity contribution in [3.8, 4) is 0 Å². The zero-order valence-corrected chi connectivity index (χ0v) is 16.0. The molecule has 0 fully saturated rings. The molecule has 1 aliphatic rings. The average molecular weight is 366 g/mol. The maximum Gasteiger partial charge on any atom is 0.255 e. The molecule has 0 bridgehead atoms. The Morgan fingerprint density at radius 2 is 1.70 bits per heavy atom. The molecule has 3 N–H and O–H groups in total. The van der Waals surface area contributed by atoms with Gasteiger partial charge in [-0.05, 0) is 53.8 Å². The minimum Gasteiger partial charge on any atom is -0.392 e. The Hall–Kier alpha value is -2.66. The number of rotatable bonds is 4. The van der Waals surface area contributed by atoms with E-state index in [1.54, 1.807) is 12.1 Å². The Bertz CT molecular complexity index is 851. The summed E-state index contributed by atoms with van der Waals surface area (Å²) in [7, 11) is 0. The van der Waals surface area contributed by atoms with E-state index in [2.05, 4.69) is 10.6 Å². The third-order valence-corrected chi connectivity index (χ3v) is 4.73. The van der Waals surface area contributed by atoms with Gasteiger partial charge in [-0.1, -0.05) is 39.0 Å². The van der Waals surface area contributed by atoms with Gasteiger partial charge in [0.05, 0.1) is 6.10 Å². The van der Waals surface area contributed by atoms with Crippen LogP contribution < -0.4 is 10.6 Å². The molecule has 1 atom stereocenters. The molecule has 2 amide bonds. The lowest BCUT2D eigenvalue weighted by Crippen LogP contribution is -2.34. The second-order valence-corrected chi connectivity index (χ2v) is 8.13. The van der Waals surface area contributed by atoms with E-state index in [0.717, 1.165) is 22.4 Å². The van der Waals surface area contributed by atoms with Gasteiger partial charge in [-0.15, -0.1) is 0 Å². The molecule has 142 valence electrons. The molecule has 0 aliphatic heterocycles. The van der Waals surface area contributed by atoms with Crippen LogP contribution in [0.2, 0.25) is 0 Å². The zero-order chi connectivity index (χ0) is 19.6. The van der Waals surface area contributed by atoms with Crippen molar-refractivity contribution < 1.29 is 14.7 Å². The van der Waals surface area contributed by atoms with Crippen molar-refractivity contribution in [2.75, 3.05) is 5.32 Å². The van der Waals surface area contributed by atoms with Crippen molar-refractivity contribution in [1.82, 2.24) is 5.32 Å². The first-order chi connectivity index (χ1) is 12.7. The summed E-state index contributed by atoms with van der Waals surface area (Å²) in [6.45, 7) is 6.05. The van der Waals surface area contributed by atoms with Crippen LogP contribution >= 0.6 is 0 Å². The van der Waals surface area contributed by atoms with Crippen LogP contribution in [0.15, 0.2) is 42.5 Å². The molecule has 0 radical (unpaired) electrons. The molecule has 0 saturated carbocycles. The van der Waals surface area contributed by atoms with Crippen molar-refractivity contribution in [1.29, 1.82) is 0 Å². The smallest absolute Gasteiger partial charge is 0.255 e. The Balaban J connectivity index is 1.60. The fourth-order valence-corrected chi connectivity index (χ4v) is 3.10. The molecular formula is C22H26N2O3. The quantitative estimate of drug-likeness (QED) is 0.778. The molecule has 0 aromatic heterocycles. The average Bonchev–Trinajstić information content (AvgIpc) is 2.98. The first kappa shape index (κ1) is 19.1. The summed E-state index contributed by atoms with van der Waals surface area (Å²) in [5, 5.41) is 15.5. The summed E-state index contributed by atoms with van der Waals surface area (Å²) in [5.41, 5.74) is 4.03.